The highest BCUT2D eigenvalue weighted by Crippen LogP contribution is 2.32. The Kier molecular flexibility index (Phi) is 6.36. The van der Waals surface area contributed by atoms with Crippen molar-refractivity contribution in [3.8, 4) is 22.7 Å². The summed E-state index contributed by atoms with van der Waals surface area (Å²) in [5.41, 5.74) is 6.02. The maximum absolute atomic E-state index is 14.1. The first kappa shape index (κ1) is 21.0. The van der Waals surface area contributed by atoms with E-state index < -0.39 is 11.7 Å². The van der Waals surface area contributed by atoms with Crippen molar-refractivity contribution < 1.29 is 13.9 Å². The number of nitrogens with one attached hydrogen (secondary N) is 1. The molecular formula is C25H21FN4O2. The molecule has 0 fully saturated rings. The molecule has 0 aliphatic heterocycles. The summed E-state index contributed by atoms with van der Waals surface area (Å²) in [6.45, 7) is 1.53. The predicted molar refractivity (Wildman–Crippen MR) is 121 cm³/mol. The smallest absolute Gasteiger partial charge is 0.277 e. The number of carbonyl (C=O) groups excluding carboxylic acids is 1. The number of nitrogens with zero attached hydrogens (tertiary/aromatic N) is 3. The van der Waals surface area contributed by atoms with Crippen molar-refractivity contribution in [2.24, 2.45) is 5.10 Å². The molecule has 1 aromatic heterocycles. The van der Waals surface area contributed by atoms with Crippen molar-refractivity contribution in [2.45, 2.75) is 6.92 Å². The summed E-state index contributed by atoms with van der Waals surface area (Å²) >= 11 is 0. The van der Waals surface area contributed by atoms with Crippen LogP contribution in [0.2, 0.25) is 0 Å². The molecule has 1 N–H and O–H groups in total. The molecule has 4 rings (SSSR count). The van der Waals surface area contributed by atoms with E-state index in [1.54, 1.807) is 23.9 Å². The van der Waals surface area contributed by atoms with E-state index in [4.69, 9.17) is 4.74 Å². The van der Waals surface area contributed by atoms with Crippen LogP contribution in [0.15, 0.2) is 96.2 Å². The molecule has 0 aliphatic rings. The number of rotatable bonds is 7. The fourth-order valence-corrected chi connectivity index (χ4v) is 3.18. The van der Waals surface area contributed by atoms with E-state index in [0.717, 1.165) is 11.3 Å². The molecule has 0 saturated heterocycles. The van der Waals surface area contributed by atoms with Crippen molar-refractivity contribution >= 4 is 11.6 Å². The van der Waals surface area contributed by atoms with Gasteiger partial charge in [-0.2, -0.15) is 10.2 Å². The Hall–Kier alpha value is -4.26. The van der Waals surface area contributed by atoms with Crippen molar-refractivity contribution in [2.75, 3.05) is 6.61 Å². The predicted octanol–water partition coefficient (Wildman–Crippen LogP) is 4.60. The minimum absolute atomic E-state index is 0.274. The lowest BCUT2D eigenvalue weighted by Crippen LogP contribution is -2.25. The van der Waals surface area contributed by atoms with Crippen molar-refractivity contribution in [1.29, 1.82) is 0 Å². The third-order valence-corrected chi connectivity index (χ3v) is 4.76. The second-order valence-corrected chi connectivity index (χ2v) is 6.99. The molecule has 1 amide bonds. The second kappa shape index (κ2) is 9.70. The molecule has 0 bridgehead atoms. The minimum Gasteiger partial charge on any atom is -0.483 e. The van der Waals surface area contributed by atoms with E-state index in [-0.39, 0.29) is 6.61 Å². The van der Waals surface area contributed by atoms with Crippen LogP contribution in [0.5, 0.6) is 5.75 Å². The molecule has 0 radical (unpaired) electrons. The van der Waals surface area contributed by atoms with Crippen LogP contribution < -0.4 is 10.2 Å². The molecule has 0 aliphatic carbocycles. The van der Waals surface area contributed by atoms with Crippen molar-refractivity contribution in [3.63, 3.8) is 0 Å². The number of hydrogen-bond acceptors (Lipinski definition) is 4. The highest BCUT2D eigenvalue weighted by Gasteiger charge is 2.15. The minimum atomic E-state index is -0.424. The average molecular weight is 428 g/mol. The first-order chi connectivity index (χ1) is 15.6. The van der Waals surface area contributed by atoms with Gasteiger partial charge in [0, 0.05) is 5.56 Å². The van der Waals surface area contributed by atoms with Crippen LogP contribution in [-0.4, -0.2) is 28.0 Å². The quantitative estimate of drug-likeness (QED) is 0.346. The average Bonchev–Trinajstić information content (AvgIpc) is 3.32. The van der Waals surface area contributed by atoms with E-state index in [2.05, 4.69) is 15.6 Å². The van der Waals surface area contributed by atoms with Gasteiger partial charge in [-0.15, -0.1) is 0 Å². The molecule has 0 unspecified atom stereocenters. The van der Waals surface area contributed by atoms with Crippen LogP contribution in [0.4, 0.5) is 4.39 Å². The number of hydrazone groups is 1. The molecule has 6 nitrogen and oxygen atoms in total. The lowest BCUT2D eigenvalue weighted by atomic mass is 10.1. The van der Waals surface area contributed by atoms with Crippen LogP contribution in [0.1, 0.15) is 12.5 Å². The number of ether oxygens (including phenoxy) is 1. The highest BCUT2D eigenvalue weighted by atomic mass is 19.1. The van der Waals surface area contributed by atoms with Gasteiger partial charge in [0.2, 0.25) is 0 Å². The van der Waals surface area contributed by atoms with Gasteiger partial charge in [-0.05, 0) is 48.9 Å². The maximum atomic E-state index is 14.1. The molecule has 0 atom stereocenters. The first-order valence-electron chi connectivity index (χ1n) is 10.0. The molecule has 3 aromatic carbocycles. The van der Waals surface area contributed by atoms with Crippen LogP contribution >= 0.6 is 0 Å². The number of hydrogen-bond donors (Lipinski definition) is 1. The second-order valence-electron chi connectivity index (χ2n) is 6.99. The number of halogens is 1. The Morgan fingerprint density at radius 1 is 1.03 bits per heavy atom. The lowest BCUT2D eigenvalue weighted by molar-refractivity contribution is -0.123. The number of benzene rings is 3. The number of aromatic nitrogens is 2. The molecule has 32 heavy (non-hydrogen) atoms. The first-order valence-corrected chi connectivity index (χ1v) is 10.0. The van der Waals surface area contributed by atoms with Crippen LogP contribution in [-0.2, 0) is 4.79 Å². The molecule has 0 spiro atoms. The van der Waals surface area contributed by atoms with E-state index >= 15 is 0 Å². The Bertz CT molecular complexity index is 1240. The van der Waals surface area contributed by atoms with Gasteiger partial charge in [-0.25, -0.2) is 14.5 Å². The SMILES string of the molecule is C/C(=N\NC(=O)COc1ccc(F)cc1-c1ccnn1-c1ccccc1)c1ccccc1. The van der Waals surface area contributed by atoms with Gasteiger partial charge in [-0.3, -0.25) is 4.79 Å². The molecule has 0 saturated carbocycles. The van der Waals surface area contributed by atoms with E-state index in [1.807, 2.05) is 60.7 Å². The topological polar surface area (TPSA) is 68.5 Å². The number of carbonyl (C=O) groups is 1. The highest BCUT2D eigenvalue weighted by molar-refractivity contribution is 5.99. The third-order valence-electron chi connectivity index (χ3n) is 4.76. The summed E-state index contributed by atoms with van der Waals surface area (Å²) in [5, 5.41) is 8.46. The van der Waals surface area contributed by atoms with Gasteiger partial charge >= 0.3 is 0 Å². The molecule has 7 heteroatoms. The molecule has 4 aromatic rings. The summed E-state index contributed by atoms with van der Waals surface area (Å²) in [7, 11) is 0. The summed E-state index contributed by atoms with van der Waals surface area (Å²) in [6.07, 6.45) is 1.63. The van der Waals surface area contributed by atoms with Gasteiger partial charge in [0.05, 0.1) is 23.3 Å². The van der Waals surface area contributed by atoms with E-state index in [0.29, 0.717) is 22.7 Å². The molecule has 1 heterocycles. The summed E-state index contributed by atoms with van der Waals surface area (Å²) in [5.74, 6) is -0.476. The largest absolute Gasteiger partial charge is 0.483 e. The van der Waals surface area contributed by atoms with Gasteiger partial charge in [-0.1, -0.05) is 48.5 Å². The zero-order valence-electron chi connectivity index (χ0n) is 17.4. The fraction of sp³-hybridized carbons (Fsp3) is 0.0800. The number of para-hydroxylation sites is 1. The van der Waals surface area contributed by atoms with E-state index in [9.17, 15) is 9.18 Å². The Morgan fingerprint density at radius 2 is 1.75 bits per heavy atom. The summed E-state index contributed by atoms with van der Waals surface area (Å²) in [4.78, 5) is 12.3. The summed E-state index contributed by atoms with van der Waals surface area (Å²) in [6, 6.07) is 24.9. The van der Waals surface area contributed by atoms with Crippen LogP contribution in [0, 0.1) is 5.82 Å². The monoisotopic (exact) mass is 428 g/mol. The standard InChI is InChI=1S/C25H21FN4O2/c1-18(19-8-4-2-5-9-19)28-29-25(31)17-32-24-13-12-20(26)16-22(24)23-14-15-27-30(23)21-10-6-3-7-11-21/h2-16H,17H2,1H3,(H,29,31)/b28-18+. The third kappa shape index (κ3) is 4.89. The van der Waals surface area contributed by atoms with Crippen LogP contribution in [0.3, 0.4) is 0 Å². The Morgan fingerprint density at radius 3 is 2.50 bits per heavy atom. The zero-order chi connectivity index (χ0) is 22.3. The fourth-order valence-electron chi connectivity index (χ4n) is 3.18. The lowest BCUT2D eigenvalue weighted by Gasteiger charge is -2.13. The van der Waals surface area contributed by atoms with Crippen molar-refractivity contribution in [3.05, 3.63) is 103 Å². The summed E-state index contributed by atoms with van der Waals surface area (Å²) < 4.78 is 21.5. The van der Waals surface area contributed by atoms with E-state index in [1.165, 1.54) is 18.2 Å². The van der Waals surface area contributed by atoms with Gasteiger partial charge in [0.1, 0.15) is 11.6 Å². The maximum Gasteiger partial charge on any atom is 0.277 e. The van der Waals surface area contributed by atoms with Crippen LogP contribution in [0.25, 0.3) is 16.9 Å². The Balaban J connectivity index is 1.51. The normalized spacial score (nSPS) is 11.2. The number of amides is 1. The Labute approximate surface area is 185 Å². The van der Waals surface area contributed by atoms with Gasteiger partial charge < -0.3 is 4.74 Å². The van der Waals surface area contributed by atoms with Gasteiger partial charge in [0.15, 0.2) is 6.61 Å². The molecular weight excluding hydrogens is 407 g/mol. The van der Waals surface area contributed by atoms with Crippen molar-refractivity contribution in [1.82, 2.24) is 15.2 Å². The molecule has 160 valence electrons. The van der Waals surface area contributed by atoms with Gasteiger partial charge in [0.25, 0.3) is 5.91 Å². The zero-order valence-corrected chi connectivity index (χ0v) is 17.4.